The fraction of sp³-hybridized carbons (Fsp3) is 0.270. The molecule has 0 amide bonds. The summed E-state index contributed by atoms with van der Waals surface area (Å²) in [5.41, 5.74) is 20.4. The number of anilines is 6. The van der Waals surface area contributed by atoms with E-state index in [0.717, 1.165) is 45.4 Å². The Morgan fingerprint density at radius 2 is 0.900 bits per heavy atom. The molecule has 11 aromatic rings. The fourth-order valence-corrected chi connectivity index (χ4v) is 13.8. The molecule has 2 aliphatic rings. The fourth-order valence-electron chi connectivity index (χ4n) is 12.6. The van der Waals surface area contributed by atoms with Crippen LogP contribution < -0.4 is 30.9 Å². The van der Waals surface area contributed by atoms with Crippen molar-refractivity contribution < 1.29 is 4.74 Å². The Bertz CT molecular complexity index is 4150. The van der Waals surface area contributed by atoms with Crippen LogP contribution in [0.4, 0.5) is 34.1 Å². The number of benzene rings is 9. The van der Waals surface area contributed by atoms with Gasteiger partial charge in [-0.3, -0.25) is 0 Å². The van der Waals surface area contributed by atoms with E-state index in [9.17, 15) is 0 Å². The summed E-state index contributed by atoms with van der Waals surface area (Å²) in [5, 5.41) is 5.10. The molecule has 13 rings (SSSR count). The quantitative estimate of drug-likeness (QED) is 0.160. The molecule has 0 saturated carbocycles. The summed E-state index contributed by atoms with van der Waals surface area (Å²) in [7, 11) is 0. The van der Waals surface area contributed by atoms with Crippen LogP contribution in [-0.4, -0.2) is 11.3 Å². The molecule has 0 saturated heterocycles. The lowest BCUT2D eigenvalue weighted by atomic mass is 9.34. The molecule has 4 heterocycles. The molecule has 400 valence electrons. The maximum atomic E-state index is 7.36. The van der Waals surface area contributed by atoms with Crippen LogP contribution in [0.5, 0.6) is 11.5 Å². The average molecular weight is 1060 g/mol. The number of rotatable bonds is 5. The van der Waals surface area contributed by atoms with Gasteiger partial charge in [0.15, 0.2) is 0 Å². The number of fused-ring (bicyclic) bond motifs is 10. The monoisotopic (exact) mass is 1060 g/mol. The third-order valence-electron chi connectivity index (χ3n) is 17.2. The highest BCUT2D eigenvalue weighted by Crippen LogP contribution is 2.51. The second-order valence-electron chi connectivity index (χ2n) is 27.9. The number of hydrogen-bond acceptors (Lipinski definition) is 4. The summed E-state index contributed by atoms with van der Waals surface area (Å²) in [6.07, 6.45) is 0. The van der Waals surface area contributed by atoms with Gasteiger partial charge >= 0.3 is 0 Å². The van der Waals surface area contributed by atoms with Crippen LogP contribution in [0.2, 0.25) is 0 Å². The van der Waals surface area contributed by atoms with Crippen molar-refractivity contribution in [1.29, 1.82) is 0 Å². The highest BCUT2D eigenvalue weighted by atomic mass is 32.1. The number of aromatic nitrogens is 1. The van der Waals surface area contributed by atoms with E-state index in [2.05, 4.69) is 294 Å². The number of ether oxygens (including phenoxy) is 1. The van der Waals surface area contributed by atoms with Crippen LogP contribution >= 0.6 is 11.3 Å². The molecule has 9 aromatic carbocycles. The zero-order valence-corrected chi connectivity index (χ0v) is 50.3. The summed E-state index contributed by atoms with van der Waals surface area (Å²) < 4.78 is 12.5. The van der Waals surface area contributed by atoms with Crippen LogP contribution in [0.15, 0.2) is 176 Å². The van der Waals surface area contributed by atoms with Gasteiger partial charge in [0.2, 0.25) is 0 Å². The number of hydrogen-bond donors (Lipinski definition) is 0. The normalized spacial score (nSPS) is 13.7. The molecule has 2 aromatic heterocycles. The van der Waals surface area contributed by atoms with E-state index in [-0.39, 0.29) is 33.8 Å². The zero-order chi connectivity index (χ0) is 56.2. The lowest BCUT2D eigenvalue weighted by Crippen LogP contribution is -2.59. The third-order valence-corrected chi connectivity index (χ3v) is 18.4. The molecular formula is C74H74BN3OS. The summed E-state index contributed by atoms with van der Waals surface area (Å²) in [6.45, 7) is 34.4. The minimum atomic E-state index is -0.153. The second-order valence-corrected chi connectivity index (χ2v) is 29.0. The summed E-state index contributed by atoms with van der Waals surface area (Å²) in [4.78, 5) is 4.97. The molecule has 0 bridgehead atoms. The van der Waals surface area contributed by atoms with E-state index in [1.54, 1.807) is 0 Å². The molecule has 0 atom stereocenters. The van der Waals surface area contributed by atoms with Crippen LogP contribution in [-0.2, 0) is 27.1 Å². The smallest absolute Gasteiger partial charge is 0.256 e. The van der Waals surface area contributed by atoms with Crippen molar-refractivity contribution in [2.45, 2.75) is 131 Å². The maximum Gasteiger partial charge on any atom is 0.256 e. The zero-order valence-electron chi connectivity index (χ0n) is 49.5. The van der Waals surface area contributed by atoms with Gasteiger partial charge in [0.05, 0.1) is 27.1 Å². The van der Waals surface area contributed by atoms with Crippen LogP contribution in [0.25, 0.3) is 47.7 Å². The van der Waals surface area contributed by atoms with Crippen molar-refractivity contribution in [2.75, 3.05) is 9.80 Å². The summed E-state index contributed by atoms with van der Waals surface area (Å²) >= 11 is 1.91. The Labute approximate surface area is 478 Å². The van der Waals surface area contributed by atoms with Gasteiger partial charge in [-0.05, 0) is 156 Å². The van der Waals surface area contributed by atoms with Gasteiger partial charge < -0.3 is 19.1 Å². The number of thiophene rings is 1. The first-order chi connectivity index (χ1) is 37.8. The van der Waals surface area contributed by atoms with E-state index in [4.69, 9.17) is 4.74 Å². The molecule has 2 aliphatic heterocycles. The van der Waals surface area contributed by atoms with Gasteiger partial charge in [0.25, 0.3) is 6.71 Å². The number of nitrogens with zero attached hydrogens (tertiary/aromatic N) is 3. The SMILES string of the molecule is CC(C)(C)c1ccc(N(c2ccc(C(C)(C)C)cc2)c2ccc3c(c2)Oc2cccc4c2B3c2cc3c(sc5ccccc53)c(-n3c5ccc(C(C)(C)C)cc5c5cc(C(C)(C)C)ccc53)c2N4c2ccc(C(C)(C)C)cc2)cc1. The molecule has 0 N–H and O–H groups in total. The van der Waals surface area contributed by atoms with Crippen molar-refractivity contribution >= 4 is 111 Å². The Morgan fingerprint density at radius 3 is 1.44 bits per heavy atom. The maximum absolute atomic E-state index is 7.36. The molecule has 80 heavy (non-hydrogen) atoms. The lowest BCUT2D eigenvalue weighted by molar-refractivity contribution is 0.487. The Morgan fingerprint density at radius 1 is 0.400 bits per heavy atom. The Balaban J connectivity index is 1.12. The van der Waals surface area contributed by atoms with Crippen LogP contribution in [0.1, 0.15) is 132 Å². The van der Waals surface area contributed by atoms with Crippen molar-refractivity contribution in [3.8, 4) is 17.2 Å². The van der Waals surface area contributed by atoms with Crippen LogP contribution in [0, 0.1) is 0 Å². The van der Waals surface area contributed by atoms with Crippen molar-refractivity contribution in [3.05, 3.63) is 204 Å². The topological polar surface area (TPSA) is 20.6 Å². The van der Waals surface area contributed by atoms with Crippen molar-refractivity contribution in [1.82, 2.24) is 4.57 Å². The van der Waals surface area contributed by atoms with Gasteiger partial charge in [-0.25, -0.2) is 0 Å². The minimum absolute atomic E-state index is 0.0116. The first-order valence-corrected chi connectivity index (χ1v) is 29.6. The van der Waals surface area contributed by atoms with E-state index in [1.165, 1.54) is 92.1 Å². The van der Waals surface area contributed by atoms with E-state index < -0.39 is 0 Å². The van der Waals surface area contributed by atoms with E-state index in [1.807, 2.05) is 11.3 Å². The largest absolute Gasteiger partial charge is 0.458 e. The van der Waals surface area contributed by atoms with Crippen molar-refractivity contribution in [3.63, 3.8) is 0 Å². The first-order valence-electron chi connectivity index (χ1n) is 28.8. The van der Waals surface area contributed by atoms with Gasteiger partial charge in [0, 0.05) is 60.7 Å². The Kier molecular flexibility index (Phi) is 11.7. The van der Waals surface area contributed by atoms with Gasteiger partial charge in [-0.15, -0.1) is 11.3 Å². The Hall–Kier alpha value is -7.54. The summed E-state index contributed by atoms with van der Waals surface area (Å²) in [6, 6.07) is 67.5. The molecule has 0 aliphatic carbocycles. The molecule has 0 radical (unpaired) electrons. The standard InChI is InChI=1S/C74H74BN3OS/c1-70(2,3)45-23-31-50(32-24-45)76(51-33-25-46(26-34-51)71(4,5)6)53-37-38-58-64(43-53)79-63-21-18-20-62-66(63)75(58)59-44-57-54-19-16-17-22-65(54)80-69(57)68(67(59)77(62)52-35-27-47(28-36-52)72(7,8)9)78-60-39-29-48(73(10,11)12)41-55(60)56-42-49(74(13,14)15)30-40-61(56)78/h16-44H,1-15H3. The first kappa shape index (κ1) is 51.9. The van der Waals surface area contributed by atoms with Gasteiger partial charge in [0.1, 0.15) is 11.5 Å². The predicted molar refractivity (Wildman–Crippen MR) is 348 cm³/mol. The molecular weight excluding hydrogens is 990 g/mol. The predicted octanol–water partition coefficient (Wildman–Crippen LogP) is 19.5. The van der Waals surface area contributed by atoms with Gasteiger partial charge in [-0.2, -0.15) is 0 Å². The van der Waals surface area contributed by atoms with E-state index in [0.29, 0.717) is 0 Å². The minimum Gasteiger partial charge on any atom is -0.458 e. The second kappa shape index (κ2) is 18.0. The summed E-state index contributed by atoms with van der Waals surface area (Å²) in [5.74, 6) is 1.75. The third kappa shape index (κ3) is 8.46. The lowest BCUT2D eigenvalue weighted by Gasteiger charge is -2.41. The highest BCUT2D eigenvalue weighted by Gasteiger charge is 2.44. The molecule has 0 fully saturated rings. The average Bonchev–Trinajstić information content (AvgIpc) is 4.05. The van der Waals surface area contributed by atoms with E-state index >= 15 is 0 Å². The van der Waals surface area contributed by atoms with Crippen LogP contribution in [0.3, 0.4) is 0 Å². The molecule has 4 nitrogen and oxygen atoms in total. The van der Waals surface area contributed by atoms with Crippen molar-refractivity contribution in [2.24, 2.45) is 0 Å². The molecule has 0 spiro atoms. The molecule has 0 unspecified atom stereocenters. The highest BCUT2D eigenvalue weighted by molar-refractivity contribution is 7.26. The van der Waals surface area contributed by atoms with Gasteiger partial charge in [-0.1, -0.05) is 189 Å². The molecule has 6 heteroatoms.